The molecule has 0 fully saturated rings. The van der Waals surface area contributed by atoms with Crippen LogP contribution < -0.4 is 9.62 Å². The summed E-state index contributed by atoms with van der Waals surface area (Å²) in [4.78, 5) is 13.6. The average Bonchev–Trinajstić information content (AvgIpc) is 3.04. The molecule has 26 heavy (non-hydrogen) atoms. The largest absolute Gasteiger partial charge is 0.312 e. The Morgan fingerprint density at radius 1 is 1.19 bits per heavy atom. The van der Waals surface area contributed by atoms with Gasteiger partial charge in [0.05, 0.1) is 4.90 Å². The molecule has 0 radical (unpaired) electrons. The topological polar surface area (TPSA) is 66.5 Å². The van der Waals surface area contributed by atoms with Gasteiger partial charge < -0.3 is 4.90 Å². The third kappa shape index (κ3) is 3.66. The molecule has 1 N–H and O–H groups in total. The van der Waals surface area contributed by atoms with Crippen molar-refractivity contribution in [3.8, 4) is 0 Å². The normalized spacial score (nSPS) is 15.0. The zero-order chi connectivity index (χ0) is 18.9. The number of nitrogens with one attached hydrogen (secondary N) is 1. The van der Waals surface area contributed by atoms with Crippen molar-refractivity contribution in [3.05, 3.63) is 59.2 Å². The summed E-state index contributed by atoms with van der Waals surface area (Å²) in [6.45, 7) is 6.08. The van der Waals surface area contributed by atoms with E-state index in [-0.39, 0.29) is 16.8 Å². The first-order valence-corrected chi connectivity index (χ1v) is 10.3. The number of amides is 1. The molecule has 0 saturated heterocycles. The minimum atomic E-state index is -3.64. The number of benzene rings is 2. The van der Waals surface area contributed by atoms with Gasteiger partial charge in [-0.25, -0.2) is 13.1 Å². The summed E-state index contributed by atoms with van der Waals surface area (Å²) >= 11 is 0. The number of carbonyl (C=O) groups excluding carboxylic acids is 1. The van der Waals surface area contributed by atoms with Gasteiger partial charge in [0.25, 0.3) is 0 Å². The number of aryl methyl sites for hydroxylation is 1. The molecule has 138 valence electrons. The maximum atomic E-state index is 12.9. The first-order chi connectivity index (χ1) is 12.3. The molecule has 0 aromatic heterocycles. The summed E-state index contributed by atoms with van der Waals surface area (Å²) in [5.74, 6) is -0.0251. The molecule has 2 aromatic carbocycles. The highest BCUT2D eigenvalue weighted by atomic mass is 32.2. The Morgan fingerprint density at radius 2 is 1.88 bits per heavy atom. The van der Waals surface area contributed by atoms with E-state index in [4.69, 9.17) is 0 Å². The summed E-state index contributed by atoms with van der Waals surface area (Å²) in [7, 11) is -3.64. The fourth-order valence-corrected chi connectivity index (χ4v) is 4.67. The van der Waals surface area contributed by atoms with E-state index in [2.05, 4.69) is 4.72 Å². The Bertz CT molecular complexity index is 921. The third-order valence-corrected chi connectivity index (χ3v) is 6.29. The van der Waals surface area contributed by atoms with Crippen LogP contribution in [-0.2, 0) is 21.2 Å². The molecular formula is C20H24N2O3S. The van der Waals surface area contributed by atoms with E-state index < -0.39 is 10.0 Å². The van der Waals surface area contributed by atoms with Crippen LogP contribution in [0.2, 0.25) is 0 Å². The van der Waals surface area contributed by atoms with Crippen molar-refractivity contribution in [2.75, 3.05) is 11.4 Å². The summed E-state index contributed by atoms with van der Waals surface area (Å²) in [6, 6.07) is 12.6. The summed E-state index contributed by atoms with van der Waals surface area (Å²) in [6.07, 6.45) is 1.33. The Labute approximate surface area is 155 Å². The summed E-state index contributed by atoms with van der Waals surface area (Å²) < 4.78 is 28.5. The quantitative estimate of drug-likeness (QED) is 0.875. The van der Waals surface area contributed by atoms with Gasteiger partial charge in [-0.05, 0) is 49.1 Å². The van der Waals surface area contributed by atoms with E-state index >= 15 is 0 Å². The highest BCUT2D eigenvalue weighted by Crippen LogP contribution is 2.31. The molecule has 0 spiro atoms. The van der Waals surface area contributed by atoms with E-state index in [9.17, 15) is 13.2 Å². The van der Waals surface area contributed by atoms with Crippen LogP contribution in [0.4, 0.5) is 5.69 Å². The molecule has 6 heteroatoms. The molecule has 2 aromatic rings. The van der Waals surface area contributed by atoms with Crippen LogP contribution in [0.3, 0.4) is 0 Å². The van der Waals surface area contributed by atoms with Gasteiger partial charge in [-0.2, -0.15) is 0 Å². The predicted molar refractivity (Wildman–Crippen MR) is 103 cm³/mol. The molecule has 1 heterocycles. The molecule has 1 unspecified atom stereocenters. The maximum Gasteiger partial charge on any atom is 0.241 e. The minimum absolute atomic E-state index is 0.0251. The van der Waals surface area contributed by atoms with Gasteiger partial charge in [0, 0.05) is 25.2 Å². The summed E-state index contributed by atoms with van der Waals surface area (Å²) in [5.41, 5.74) is 3.79. The van der Waals surface area contributed by atoms with Gasteiger partial charge >= 0.3 is 0 Å². The fraction of sp³-hybridized carbons (Fsp3) is 0.350. The average molecular weight is 372 g/mol. The number of hydrogen-bond acceptors (Lipinski definition) is 3. The molecule has 1 aliphatic heterocycles. The standard InChI is InChI=1S/C20H24N2O3S/c1-4-19(16-7-5-14(2)6-8-16)21-26(24,25)18-9-10-20-17(13-18)11-12-22(20)15(3)23/h5-10,13,19,21H,4,11-12H2,1-3H3. The van der Waals surface area contributed by atoms with E-state index in [0.717, 1.165) is 22.4 Å². The zero-order valence-electron chi connectivity index (χ0n) is 15.3. The zero-order valence-corrected chi connectivity index (χ0v) is 16.1. The Balaban J connectivity index is 1.86. The van der Waals surface area contributed by atoms with Crippen molar-refractivity contribution in [2.24, 2.45) is 0 Å². The number of fused-ring (bicyclic) bond motifs is 1. The molecule has 5 nitrogen and oxygen atoms in total. The van der Waals surface area contributed by atoms with Crippen LogP contribution in [0.5, 0.6) is 0 Å². The smallest absolute Gasteiger partial charge is 0.241 e. The second-order valence-corrected chi connectivity index (χ2v) is 8.42. The van der Waals surface area contributed by atoms with Crippen molar-refractivity contribution < 1.29 is 13.2 Å². The monoisotopic (exact) mass is 372 g/mol. The van der Waals surface area contributed by atoms with Crippen molar-refractivity contribution in [1.82, 2.24) is 4.72 Å². The lowest BCUT2D eigenvalue weighted by molar-refractivity contribution is -0.116. The van der Waals surface area contributed by atoms with Crippen LogP contribution >= 0.6 is 0 Å². The third-order valence-electron chi connectivity index (χ3n) is 4.82. The highest BCUT2D eigenvalue weighted by molar-refractivity contribution is 7.89. The lowest BCUT2D eigenvalue weighted by Gasteiger charge is -2.19. The van der Waals surface area contributed by atoms with Gasteiger partial charge in [-0.15, -0.1) is 0 Å². The number of hydrogen-bond donors (Lipinski definition) is 1. The van der Waals surface area contributed by atoms with Crippen molar-refractivity contribution in [2.45, 2.75) is 44.6 Å². The van der Waals surface area contributed by atoms with Crippen LogP contribution in [0.1, 0.15) is 43.0 Å². The van der Waals surface area contributed by atoms with Gasteiger partial charge in [0.2, 0.25) is 15.9 Å². The van der Waals surface area contributed by atoms with Gasteiger partial charge in [-0.3, -0.25) is 4.79 Å². The number of nitrogens with zero attached hydrogens (tertiary/aromatic N) is 1. The molecule has 0 saturated carbocycles. The molecule has 0 aliphatic carbocycles. The molecule has 0 bridgehead atoms. The van der Waals surface area contributed by atoms with Gasteiger partial charge in [0.15, 0.2) is 0 Å². The predicted octanol–water partition coefficient (Wildman–Crippen LogP) is 3.33. The van der Waals surface area contributed by atoms with Crippen LogP contribution in [0, 0.1) is 6.92 Å². The Kier molecular flexibility index (Phi) is 5.16. The number of carbonyl (C=O) groups is 1. The van der Waals surface area contributed by atoms with E-state index in [0.29, 0.717) is 19.4 Å². The highest BCUT2D eigenvalue weighted by Gasteiger charge is 2.26. The number of sulfonamides is 1. The van der Waals surface area contributed by atoms with Crippen molar-refractivity contribution in [3.63, 3.8) is 0 Å². The minimum Gasteiger partial charge on any atom is -0.312 e. The van der Waals surface area contributed by atoms with Crippen molar-refractivity contribution in [1.29, 1.82) is 0 Å². The van der Waals surface area contributed by atoms with E-state index in [1.54, 1.807) is 23.1 Å². The first kappa shape index (κ1) is 18.6. The van der Waals surface area contributed by atoms with E-state index in [1.807, 2.05) is 38.1 Å². The first-order valence-electron chi connectivity index (χ1n) is 8.81. The summed E-state index contributed by atoms with van der Waals surface area (Å²) in [5, 5.41) is 0. The Hall–Kier alpha value is -2.18. The Morgan fingerprint density at radius 3 is 2.50 bits per heavy atom. The number of anilines is 1. The second kappa shape index (κ2) is 7.21. The molecule has 1 atom stereocenters. The van der Waals surface area contributed by atoms with Crippen LogP contribution in [0.25, 0.3) is 0 Å². The van der Waals surface area contributed by atoms with Crippen LogP contribution in [-0.4, -0.2) is 20.9 Å². The molecule has 3 rings (SSSR count). The fourth-order valence-electron chi connectivity index (χ4n) is 3.31. The van der Waals surface area contributed by atoms with E-state index in [1.165, 1.54) is 6.92 Å². The lowest BCUT2D eigenvalue weighted by atomic mass is 10.0. The number of rotatable bonds is 5. The maximum absolute atomic E-state index is 12.9. The van der Waals surface area contributed by atoms with Crippen LogP contribution in [0.15, 0.2) is 47.4 Å². The SMILES string of the molecule is CCC(NS(=O)(=O)c1ccc2c(c1)CCN2C(C)=O)c1ccc(C)cc1. The second-order valence-electron chi connectivity index (χ2n) is 6.70. The molecule has 1 aliphatic rings. The molecule has 1 amide bonds. The molecular weight excluding hydrogens is 348 g/mol. The van der Waals surface area contributed by atoms with Crippen molar-refractivity contribution >= 4 is 21.6 Å². The van der Waals surface area contributed by atoms with Gasteiger partial charge in [-0.1, -0.05) is 36.8 Å². The van der Waals surface area contributed by atoms with Gasteiger partial charge in [0.1, 0.15) is 0 Å². The lowest BCUT2D eigenvalue weighted by Crippen LogP contribution is -2.28.